The van der Waals surface area contributed by atoms with Crippen LogP contribution >= 0.6 is 11.3 Å². The largest absolute Gasteiger partial charge is 0.310 e. The number of pyridine rings is 1. The Labute approximate surface area is 92.6 Å². The van der Waals surface area contributed by atoms with Crippen LogP contribution in [0.2, 0.25) is 0 Å². The molecule has 3 nitrogen and oxygen atoms in total. The molecule has 0 aliphatic heterocycles. The van der Waals surface area contributed by atoms with Crippen LogP contribution in [0.25, 0.3) is 10.2 Å². The van der Waals surface area contributed by atoms with Crippen LogP contribution < -0.4 is 5.32 Å². The van der Waals surface area contributed by atoms with Gasteiger partial charge in [-0.3, -0.25) is 4.98 Å². The molecule has 1 saturated carbocycles. The molecule has 0 spiro atoms. The average molecular weight is 219 g/mol. The molecule has 0 saturated heterocycles. The van der Waals surface area contributed by atoms with Crippen molar-refractivity contribution in [3.63, 3.8) is 0 Å². The maximum atomic E-state index is 4.52. The van der Waals surface area contributed by atoms with Crippen molar-refractivity contribution in [2.24, 2.45) is 5.92 Å². The highest BCUT2D eigenvalue weighted by Gasteiger charge is 2.20. The lowest BCUT2D eigenvalue weighted by molar-refractivity contribution is 0.637. The zero-order valence-corrected chi connectivity index (χ0v) is 9.26. The number of nitrogens with one attached hydrogen (secondary N) is 1. The van der Waals surface area contributed by atoms with Crippen molar-refractivity contribution in [2.75, 3.05) is 6.54 Å². The molecule has 0 amide bonds. The third-order valence-corrected chi connectivity index (χ3v) is 3.68. The lowest BCUT2D eigenvalue weighted by Gasteiger charge is -1.98. The van der Waals surface area contributed by atoms with Gasteiger partial charge in [0.05, 0.1) is 16.4 Å². The Morgan fingerprint density at radius 1 is 1.47 bits per heavy atom. The number of aromatic nitrogens is 2. The van der Waals surface area contributed by atoms with Gasteiger partial charge in [0.15, 0.2) is 0 Å². The normalized spacial score (nSPS) is 16.0. The number of thiazole rings is 1. The van der Waals surface area contributed by atoms with Gasteiger partial charge in [-0.25, -0.2) is 4.98 Å². The van der Waals surface area contributed by atoms with Gasteiger partial charge in [-0.05, 0) is 31.4 Å². The molecular formula is C11H13N3S. The fourth-order valence-electron chi connectivity index (χ4n) is 1.61. The Kier molecular flexibility index (Phi) is 2.38. The van der Waals surface area contributed by atoms with Crippen molar-refractivity contribution in [2.45, 2.75) is 19.4 Å². The molecule has 4 heteroatoms. The van der Waals surface area contributed by atoms with Gasteiger partial charge < -0.3 is 5.32 Å². The summed E-state index contributed by atoms with van der Waals surface area (Å²) in [6.45, 7) is 2.05. The first kappa shape index (κ1) is 9.24. The van der Waals surface area contributed by atoms with Crippen molar-refractivity contribution in [1.82, 2.24) is 15.3 Å². The molecule has 0 aromatic carbocycles. The fraction of sp³-hybridized carbons (Fsp3) is 0.455. The highest BCUT2D eigenvalue weighted by atomic mass is 32.1. The number of hydrogen-bond acceptors (Lipinski definition) is 4. The lowest BCUT2D eigenvalue weighted by Crippen LogP contribution is -2.15. The minimum absolute atomic E-state index is 0.899. The minimum Gasteiger partial charge on any atom is -0.310 e. The van der Waals surface area contributed by atoms with Crippen LogP contribution in [0.5, 0.6) is 0 Å². The Hall–Kier alpha value is -1.00. The van der Waals surface area contributed by atoms with E-state index < -0.39 is 0 Å². The molecular weight excluding hydrogens is 206 g/mol. The first-order chi connectivity index (χ1) is 7.42. The molecule has 2 heterocycles. The summed E-state index contributed by atoms with van der Waals surface area (Å²) in [6.07, 6.45) is 6.45. The topological polar surface area (TPSA) is 37.8 Å². The van der Waals surface area contributed by atoms with Crippen LogP contribution in [-0.2, 0) is 6.54 Å². The number of fused-ring (bicyclic) bond motifs is 1. The molecule has 1 aliphatic rings. The van der Waals surface area contributed by atoms with E-state index >= 15 is 0 Å². The zero-order valence-electron chi connectivity index (χ0n) is 8.44. The van der Waals surface area contributed by atoms with E-state index in [1.54, 1.807) is 11.3 Å². The molecule has 1 aliphatic carbocycles. The maximum absolute atomic E-state index is 4.52. The molecule has 78 valence electrons. The summed E-state index contributed by atoms with van der Waals surface area (Å²) in [7, 11) is 0. The van der Waals surface area contributed by atoms with Gasteiger partial charge in [0.2, 0.25) is 0 Å². The molecule has 3 rings (SSSR count). The standard InChI is InChI=1S/C11H13N3S/c1-2-8(1)5-13-7-11-14-9-6-12-4-3-10(9)15-11/h3-4,6,8,13H,1-2,5,7H2. The second kappa shape index (κ2) is 3.87. The minimum atomic E-state index is 0.899. The fourth-order valence-corrected chi connectivity index (χ4v) is 2.51. The molecule has 2 aromatic rings. The van der Waals surface area contributed by atoms with Crippen LogP contribution in [0, 0.1) is 5.92 Å². The second-order valence-corrected chi connectivity index (χ2v) is 5.14. The summed E-state index contributed by atoms with van der Waals surface area (Å²) in [6, 6.07) is 2.03. The molecule has 0 unspecified atom stereocenters. The highest BCUT2D eigenvalue weighted by molar-refractivity contribution is 7.18. The predicted molar refractivity (Wildman–Crippen MR) is 61.8 cm³/mol. The van der Waals surface area contributed by atoms with E-state index in [0.29, 0.717) is 0 Å². The monoisotopic (exact) mass is 219 g/mol. The van der Waals surface area contributed by atoms with Crippen LogP contribution in [0.15, 0.2) is 18.5 Å². The molecule has 0 radical (unpaired) electrons. The van der Waals surface area contributed by atoms with Gasteiger partial charge in [0, 0.05) is 12.7 Å². The molecule has 1 N–H and O–H groups in total. The van der Waals surface area contributed by atoms with Crippen molar-refractivity contribution in [3.8, 4) is 0 Å². The summed E-state index contributed by atoms with van der Waals surface area (Å²) in [4.78, 5) is 8.59. The van der Waals surface area contributed by atoms with Crippen LogP contribution in [0.4, 0.5) is 0 Å². The third kappa shape index (κ3) is 2.16. The van der Waals surface area contributed by atoms with Crippen LogP contribution in [0.3, 0.4) is 0 Å². The molecule has 2 aromatic heterocycles. The van der Waals surface area contributed by atoms with E-state index in [2.05, 4.69) is 15.3 Å². The summed E-state index contributed by atoms with van der Waals surface area (Å²) >= 11 is 1.76. The molecule has 0 bridgehead atoms. The van der Waals surface area contributed by atoms with Gasteiger partial charge in [0.25, 0.3) is 0 Å². The lowest BCUT2D eigenvalue weighted by atomic mass is 10.4. The Morgan fingerprint density at radius 2 is 2.40 bits per heavy atom. The van der Waals surface area contributed by atoms with Gasteiger partial charge in [-0.2, -0.15) is 0 Å². The first-order valence-electron chi connectivity index (χ1n) is 5.32. The van der Waals surface area contributed by atoms with E-state index in [9.17, 15) is 0 Å². The Bertz CT molecular complexity index is 429. The smallest absolute Gasteiger partial charge is 0.108 e. The average Bonchev–Trinajstić information content (AvgIpc) is 2.97. The highest BCUT2D eigenvalue weighted by Crippen LogP contribution is 2.28. The number of rotatable bonds is 4. The Balaban J connectivity index is 1.68. The number of hydrogen-bond donors (Lipinski definition) is 1. The first-order valence-corrected chi connectivity index (χ1v) is 6.13. The molecule has 0 atom stereocenters. The second-order valence-electron chi connectivity index (χ2n) is 4.03. The number of nitrogens with zero attached hydrogens (tertiary/aromatic N) is 2. The zero-order chi connectivity index (χ0) is 10.1. The summed E-state index contributed by atoms with van der Waals surface area (Å²) in [5, 5.41) is 4.62. The van der Waals surface area contributed by atoms with Crippen LogP contribution in [-0.4, -0.2) is 16.5 Å². The molecule has 15 heavy (non-hydrogen) atoms. The van der Waals surface area contributed by atoms with Gasteiger partial charge >= 0.3 is 0 Å². The third-order valence-electron chi connectivity index (χ3n) is 2.64. The van der Waals surface area contributed by atoms with Crippen LogP contribution in [0.1, 0.15) is 17.8 Å². The Morgan fingerprint density at radius 3 is 3.20 bits per heavy atom. The summed E-state index contributed by atoms with van der Waals surface area (Å²) in [5.41, 5.74) is 1.02. The van der Waals surface area contributed by atoms with Crippen molar-refractivity contribution in [1.29, 1.82) is 0 Å². The van der Waals surface area contributed by atoms with E-state index in [1.807, 2.05) is 18.5 Å². The van der Waals surface area contributed by atoms with E-state index in [4.69, 9.17) is 0 Å². The predicted octanol–water partition coefficient (Wildman–Crippen LogP) is 2.19. The summed E-state index contributed by atoms with van der Waals surface area (Å²) < 4.78 is 1.23. The van der Waals surface area contributed by atoms with E-state index in [1.165, 1.54) is 22.5 Å². The van der Waals surface area contributed by atoms with E-state index in [0.717, 1.165) is 24.5 Å². The molecule has 1 fully saturated rings. The summed E-state index contributed by atoms with van der Waals surface area (Å²) in [5.74, 6) is 0.932. The van der Waals surface area contributed by atoms with Crippen molar-refractivity contribution < 1.29 is 0 Å². The van der Waals surface area contributed by atoms with Crippen molar-refractivity contribution in [3.05, 3.63) is 23.5 Å². The SMILES string of the molecule is c1cc2sc(CNCC3CC3)nc2cn1. The van der Waals surface area contributed by atoms with E-state index in [-0.39, 0.29) is 0 Å². The van der Waals surface area contributed by atoms with Crippen molar-refractivity contribution >= 4 is 21.6 Å². The van der Waals surface area contributed by atoms with Gasteiger partial charge in [-0.1, -0.05) is 0 Å². The maximum Gasteiger partial charge on any atom is 0.108 e. The van der Waals surface area contributed by atoms with Gasteiger partial charge in [-0.15, -0.1) is 11.3 Å². The van der Waals surface area contributed by atoms with Gasteiger partial charge in [0.1, 0.15) is 5.01 Å². The quantitative estimate of drug-likeness (QED) is 0.856.